The first-order chi connectivity index (χ1) is 16.8. The van der Waals surface area contributed by atoms with Gasteiger partial charge in [0.05, 0.1) is 18.1 Å². The quantitative estimate of drug-likeness (QED) is 0.394. The number of aliphatic hydroxyl groups excluding tert-OH is 2. The molecule has 0 aromatic carbocycles. The van der Waals surface area contributed by atoms with Crippen LogP contribution in [0.15, 0.2) is 23.3 Å². The van der Waals surface area contributed by atoms with Crippen LogP contribution in [0.1, 0.15) is 59.8 Å². The third-order valence-corrected chi connectivity index (χ3v) is 12.3. The summed E-state index contributed by atoms with van der Waals surface area (Å²) in [5, 5.41) is 46.4. The molecule has 0 amide bonds. The summed E-state index contributed by atoms with van der Waals surface area (Å²) in [5.74, 6) is -3.53. The second kappa shape index (κ2) is 6.95. The number of carbonyl (C=O) groups is 3. The number of esters is 1. The Labute approximate surface area is 210 Å². The lowest BCUT2D eigenvalue weighted by Gasteiger charge is -2.70. The van der Waals surface area contributed by atoms with Crippen molar-refractivity contribution in [1.29, 1.82) is 0 Å². The van der Waals surface area contributed by atoms with Gasteiger partial charge in [0.25, 0.3) is 0 Å². The van der Waals surface area contributed by atoms with Crippen LogP contribution in [0.5, 0.6) is 0 Å². The highest BCUT2D eigenvalue weighted by Crippen LogP contribution is 2.75. The van der Waals surface area contributed by atoms with E-state index in [0.717, 1.165) is 0 Å². The van der Waals surface area contributed by atoms with Crippen molar-refractivity contribution in [3.63, 3.8) is 0 Å². The zero-order valence-corrected chi connectivity index (χ0v) is 21.3. The van der Waals surface area contributed by atoms with Crippen LogP contribution in [0.4, 0.5) is 0 Å². The number of rotatable bonds is 1. The summed E-state index contributed by atoms with van der Waals surface area (Å²) in [6.07, 6.45) is 3.53. The standard InChI is InChI=1S/C28H36O8/c1-13-14(2)28(36-23(13)33)22(32)16(12-29)18-8-7-17-15-10-21(31)26(34)9-5-6-20(30)25(26,4)19(15)11-27(28,35)24(17,18)3/h5-6,15-19,21,29,31,34-35H,7-12H2,1-4H3/t15-,16-,17-,18+,19-,21+,24-,25-,26-,27+,28-/m0/s1. The molecule has 0 aromatic heterocycles. The number of ketones is 2. The van der Waals surface area contributed by atoms with Crippen LogP contribution in [0.2, 0.25) is 0 Å². The van der Waals surface area contributed by atoms with Gasteiger partial charge in [0.1, 0.15) is 11.2 Å². The number of aliphatic hydroxyl groups is 4. The minimum absolute atomic E-state index is 0.0337. The van der Waals surface area contributed by atoms with Crippen molar-refractivity contribution in [3.8, 4) is 0 Å². The molecule has 0 bridgehead atoms. The molecule has 5 aliphatic carbocycles. The lowest BCUT2D eigenvalue weighted by molar-refractivity contribution is -0.304. The van der Waals surface area contributed by atoms with Crippen molar-refractivity contribution in [3.05, 3.63) is 23.3 Å². The molecule has 8 nitrogen and oxygen atoms in total. The highest BCUT2D eigenvalue weighted by atomic mass is 16.6. The largest absolute Gasteiger partial charge is 0.440 e. The first-order valence-corrected chi connectivity index (χ1v) is 13.2. The number of allylic oxidation sites excluding steroid dienone is 1. The van der Waals surface area contributed by atoms with Gasteiger partial charge in [-0.15, -0.1) is 0 Å². The highest BCUT2D eigenvalue weighted by molar-refractivity contribution is 6.05. The van der Waals surface area contributed by atoms with E-state index in [9.17, 15) is 34.8 Å². The van der Waals surface area contributed by atoms with Gasteiger partial charge in [0, 0.05) is 16.9 Å². The summed E-state index contributed by atoms with van der Waals surface area (Å²) >= 11 is 0. The summed E-state index contributed by atoms with van der Waals surface area (Å²) in [4.78, 5) is 40.6. The van der Waals surface area contributed by atoms with Gasteiger partial charge in [0.2, 0.25) is 5.60 Å². The van der Waals surface area contributed by atoms with Crippen molar-refractivity contribution in [2.24, 2.45) is 40.4 Å². The monoisotopic (exact) mass is 500 g/mol. The predicted molar refractivity (Wildman–Crippen MR) is 126 cm³/mol. The molecule has 36 heavy (non-hydrogen) atoms. The molecule has 4 saturated carbocycles. The van der Waals surface area contributed by atoms with Crippen LogP contribution >= 0.6 is 0 Å². The lowest BCUT2D eigenvalue weighted by Crippen LogP contribution is -2.81. The summed E-state index contributed by atoms with van der Waals surface area (Å²) in [6.45, 7) is 6.43. The Hall–Kier alpha value is -1.87. The SMILES string of the molecule is CC1=C(C)[C@]2(OC1=O)C(=O)[C@@H](CO)[C@H]1CC[C@H]3[C@@H]4C[C@@H](O)[C@@]5(O)CC=CC(=O)[C@]5(C)[C@H]4C[C@@]2(O)[C@]13C. The van der Waals surface area contributed by atoms with Gasteiger partial charge in [-0.1, -0.05) is 13.0 Å². The molecule has 196 valence electrons. The molecule has 8 heteroatoms. The van der Waals surface area contributed by atoms with E-state index in [1.165, 1.54) is 6.08 Å². The Kier molecular flexibility index (Phi) is 4.73. The average Bonchev–Trinajstić information content (AvgIpc) is 3.29. The van der Waals surface area contributed by atoms with Gasteiger partial charge in [0.15, 0.2) is 11.6 Å². The fraction of sp³-hybridized carbons (Fsp3) is 0.750. The van der Waals surface area contributed by atoms with E-state index in [4.69, 9.17) is 4.74 Å². The third-order valence-electron chi connectivity index (χ3n) is 12.3. The lowest BCUT2D eigenvalue weighted by atomic mass is 9.35. The molecule has 0 aromatic rings. The van der Waals surface area contributed by atoms with Crippen molar-refractivity contribution in [2.75, 3.05) is 6.61 Å². The number of fused-ring (bicyclic) bond motifs is 5. The number of hydrogen-bond donors (Lipinski definition) is 4. The van der Waals surface area contributed by atoms with Gasteiger partial charge < -0.3 is 25.2 Å². The minimum atomic E-state index is -1.96. The van der Waals surface area contributed by atoms with Gasteiger partial charge in [-0.2, -0.15) is 0 Å². The summed E-state index contributed by atoms with van der Waals surface area (Å²) in [6, 6.07) is 0. The Morgan fingerprint density at radius 3 is 2.33 bits per heavy atom. The molecule has 4 fully saturated rings. The van der Waals surface area contributed by atoms with Crippen LogP contribution in [0.3, 0.4) is 0 Å². The Balaban J connectivity index is 1.62. The molecule has 0 radical (unpaired) electrons. The Morgan fingerprint density at radius 1 is 1.06 bits per heavy atom. The second-order valence-corrected chi connectivity index (χ2v) is 12.7. The van der Waals surface area contributed by atoms with E-state index >= 15 is 0 Å². The Bertz CT molecular complexity index is 1160. The minimum Gasteiger partial charge on any atom is -0.440 e. The molecule has 0 unspecified atom stereocenters. The van der Waals surface area contributed by atoms with Crippen LogP contribution in [-0.2, 0) is 19.1 Å². The molecular formula is C28H36O8. The first-order valence-electron chi connectivity index (χ1n) is 13.2. The van der Waals surface area contributed by atoms with Gasteiger partial charge in [-0.25, -0.2) is 4.79 Å². The fourth-order valence-electron chi connectivity index (χ4n) is 10.2. The van der Waals surface area contributed by atoms with E-state index in [1.807, 2.05) is 6.92 Å². The van der Waals surface area contributed by atoms with Crippen LogP contribution in [0.25, 0.3) is 0 Å². The molecular weight excluding hydrogens is 464 g/mol. The average molecular weight is 501 g/mol. The van der Waals surface area contributed by atoms with Gasteiger partial charge in [-0.05, 0) is 88.2 Å². The molecule has 1 heterocycles. The zero-order chi connectivity index (χ0) is 26.2. The van der Waals surface area contributed by atoms with Crippen molar-refractivity contribution in [1.82, 2.24) is 0 Å². The van der Waals surface area contributed by atoms with Gasteiger partial charge >= 0.3 is 5.97 Å². The third kappa shape index (κ3) is 2.19. The van der Waals surface area contributed by atoms with E-state index in [1.54, 1.807) is 26.8 Å². The maximum atomic E-state index is 14.2. The molecule has 6 aliphatic rings. The topological polar surface area (TPSA) is 141 Å². The van der Waals surface area contributed by atoms with E-state index in [-0.39, 0.29) is 48.4 Å². The Morgan fingerprint density at radius 2 is 1.72 bits per heavy atom. The highest BCUT2D eigenvalue weighted by Gasteiger charge is 2.83. The fourth-order valence-corrected chi connectivity index (χ4v) is 10.2. The summed E-state index contributed by atoms with van der Waals surface area (Å²) in [7, 11) is 0. The smallest absolute Gasteiger partial charge is 0.335 e. The van der Waals surface area contributed by atoms with Crippen molar-refractivity contribution < 1.29 is 39.5 Å². The molecule has 6 rings (SSSR count). The van der Waals surface area contributed by atoms with Crippen LogP contribution < -0.4 is 0 Å². The maximum absolute atomic E-state index is 14.2. The van der Waals surface area contributed by atoms with E-state index in [0.29, 0.717) is 18.4 Å². The maximum Gasteiger partial charge on any atom is 0.335 e. The molecule has 4 N–H and O–H groups in total. The summed E-state index contributed by atoms with van der Waals surface area (Å²) < 4.78 is 5.91. The number of carbonyl (C=O) groups excluding carboxylic acids is 3. The number of hydrogen-bond acceptors (Lipinski definition) is 8. The second-order valence-electron chi connectivity index (χ2n) is 12.7. The van der Waals surface area contributed by atoms with Gasteiger partial charge in [-0.3, -0.25) is 9.59 Å². The van der Waals surface area contributed by atoms with Crippen molar-refractivity contribution >= 4 is 17.5 Å². The van der Waals surface area contributed by atoms with Crippen molar-refractivity contribution in [2.45, 2.75) is 82.7 Å². The van der Waals surface area contributed by atoms with E-state index < -0.39 is 63.9 Å². The number of ether oxygens (including phenoxy) is 1. The molecule has 0 saturated heterocycles. The molecule has 1 spiro atoms. The van der Waals surface area contributed by atoms with Crippen LogP contribution in [-0.4, -0.2) is 67.5 Å². The summed E-state index contributed by atoms with van der Waals surface area (Å²) in [5.41, 5.74) is -7.18. The zero-order valence-electron chi connectivity index (χ0n) is 21.3. The van der Waals surface area contributed by atoms with Crippen LogP contribution in [0, 0.1) is 40.4 Å². The first kappa shape index (κ1) is 24.5. The number of Topliss-reactive ketones (excluding diaryl/α,β-unsaturated/α-hetero) is 1. The normalized spacial score (nSPS) is 55.5. The van der Waals surface area contributed by atoms with E-state index in [2.05, 4.69) is 0 Å². The molecule has 1 aliphatic heterocycles. The molecule has 11 atom stereocenters. The predicted octanol–water partition coefficient (Wildman–Crippen LogP) is 1.24.